The summed E-state index contributed by atoms with van der Waals surface area (Å²) in [6.45, 7) is 4.29. The number of hydrogen-bond donors (Lipinski definition) is 0. The average Bonchev–Trinajstić information content (AvgIpc) is 2.59. The Morgan fingerprint density at radius 3 is 2.54 bits per heavy atom. The van der Waals surface area contributed by atoms with Crippen LogP contribution in [0.15, 0.2) is 70.6 Å². The number of methoxy groups -OCH3 is 1. The van der Waals surface area contributed by atoms with E-state index in [1.54, 1.807) is 24.3 Å². The molecule has 0 atom stereocenters. The van der Waals surface area contributed by atoms with Crippen LogP contribution in [0.5, 0.6) is 5.75 Å². The molecule has 2 aromatic carbocycles. The van der Waals surface area contributed by atoms with Crippen LogP contribution in [0, 0.1) is 0 Å². The van der Waals surface area contributed by atoms with Crippen molar-refractivity contribution in [2.45, 2.75) is 11.3 Å². The molecule has 0 heterocycles. The number of rotatable bonds is 8. The van der Waals surface area contributed by atoms with Gasteiger partial charge in [-0.2, -0.15) is 4.31 Å². The molecule has 0 spiro atoms. The molecular weight excluding hydrogens is 390 g/mol. The van der Waals surface area contributed by atoms with Gasteiger partial charge in [0.1, 0.15) is 10.6 Å². The van der Waals surface area contributed by atoms with Crippen LogP contribution in [0.3, 0.4) is 0 Å². The maximum atomic E-state index is 13.1. The molecule has 24 heavy (non-hydrogen) atoms. The van der Waals surface area contributed by atoms with Crippen molar-refractivity contribution in [1.29, 1.82) is 0 Å². The summed E-state index contributed by atoms with van der Waals surface area (Å²) in [6.07, 6.45) is 2.22. The molecule has 2 rings (SSSR count). The summed E-state index contributed by atoms with van der Waals surface area (Å²) in [7, 11) is -2.23. The molecule has 4 nitrogen and oxygen atoms in total. The van der Waals surface area contributed by atoms with Crippen molar-refractivity contribution in [1.82, 2.24) is 4.31 Å². The Bertz CT molecular complexity index is 791. The predicted octanol–water partition coefficient (Wildman–Crippen LogP) is 3.88. The first-order valence-corrected chi connectivity index (χ1v) is 9.71. The third-order valence-corrected chi connectivity index (χ3v) is 5.95. The van der Waals surface area contributed by atoms with E-state index in [0.29, 0.717) is 23.2 Å². The molecule has 6 heteroatoms. The number of nitrogens with zero attached hydrogens (tertiary/aromatic N) is 1. The van der Waals surface area contributed by atoms with Crippen LogP contribution in [0.1, 0.15) is 5.56 Å². The Labute approximate surface area is 151 Å². The van der Waals surface area contributed by atoms with Crippen molar-refractivity contribution in [2.24, 2.45) is 0 Å². The first-order chi connectivity index (χ1) is 11.5. The zero-order valence-electron chi connectivity index (χ0n) is 13.5. The summed E-state index contributed by atoms with van der Waals surface area (Å²) >= 11 is 3.32. The van der Waals surface area contributed by atoms with Crippen molar-refractivity contribution >= 4 is 26.0 Å². The first kappa shape index (κ1) is 18.7. The van der Waals surface area contributed by atoms with E-state index in [1.807, 2.05) is 30.3 Å². The number of hydrogen-bond acceptors (Lipinski definition) is 3. The molecule has 0 amide bonds. The molecule has 0 aromatic heterocycles. The van der Waals surface area contributed by atoms with Gasteiger partial charge in [-0.3, -0.25) is 0 Å². The first-order valence-electron chi connectivity index (χ1n) is 7.47. The van der Waals surface area contributed by atoms with Crippen molar-refractivity contribution in [2.75, 3.05) is 20.2 Å². The third-order valence-electron chi connectivity index (χ3n) is 3.57. The summed E-state index contributed by atoms with van der Waals surface area (Å²) in [5, 5.41) is 0. The van der Waals surface area contributed by atoms with Crippen LogP contribution in [0.4, 0.5) is 0 Å². The third kappa shape index (κ3) is 4.47. The van der Waals surface area contributed by atoms with Gasteiger partial charge in [0.25, 0.3) is 0 Å². The van der Waals surface area contributed by atoms with Gasteiger partial charge in [-0.1, -0.05) is 52.3 Å². The van der Waals surface area contributed by atoms with Gasteiger partial charge in [-0.25, -0.2) is 8.42 Å². The zero-order chi connectivity index (χ0) is 17.6. The summed E-state index contributed by atoms with van der Waals surface area (Å²) < 4.78 is 33.4. The minimum absolute atomic E-state index is 0.147. The minimum Gasteiger partial charge on any atom is -0.495 e. The Hall–Kier alpha value is -1.63. The van der Waals surface area contributed by atoms with Crippen molar-refractivity contribution < 1.29 is 13.2 Å². The highest BCUT2D eigenvalue weighted by Crippen LogP contribution is 2.29. The van der Waals surface area contributed by atoms with Crippen molar-refractivity contribution in [3.63, 3.8) is 0 Å². The fraction of sp³-hybridized carbons (Fsp3) is 0.222. The molecule has 0 saturated carbocycles. The summed E-state index contributed by atoms with van der Waals surface area (Å²) in [5.41, 5.74) is 1.09. The van der Waals surface area contributed by atoms with Gasteiger partial charge < -0.3 is 4.74 Å². The van der Waals surface area contributed by atoms with Gasteiger partial charge >= 0.3 is 0 Å². The van der Waals surface area contributed by atoms with E-state index in [0.717, 1.165) is 5.56 Å². The molecule has 0 aliphatic carbocycles. The van der Waals surface area contributed by atoms with Crippen LogP contribution >= 0.6 is 15.9 Å². The van der Waals surface area contributed by atoms with E-state index in [9.17, 15) is 8.42 Å². The molecule has 0 bridgehead atoms. The molecule has 2 aromatic rings. The molecule has 0 unspecified atom stereocenters. The monoisotopic (exact) mass is 409 g/mol. The van der Waals surface area contributed by atoms with Gasteiger partial charge in [0, 0.05) is 17.6 Å². The largest absolute Gasteiger partial charge is 0.495 e. The topological polar surface area (TPSA) is 46.6 Å². The second-order valence-corrected chi connectivity index (χ2v) is 8.00. The smallest absolute Gasteiger partial charge is 0.247 e. The zero-order valence-corrected chi connectivity index (χ0v) is 15.9. The van der Waals surface area contributed by atoms with E-state index in [-0.39, 0.29) is 11.4 Å². The highest BCUT2D eigenvalue weighted by atomic mass is 79.9. The lowest BCUT2D eigenvalue weighted by Crippen LogP contribution is -2.33. The Kier molecular flexibility index (Phi) is 6.60. The Morgan fingerprint density at radius 2 is 1.92 bits per heavy atom. The van der Waals surface area contributed by atoms with E-state index in [4.69, 9.17) is 4.74 Å². The van der Waals surface area contributed by atoms with Gasteiger partial charge in [0.05, 0.1) is 7.11 Å². The predicted molar refractivity (Wildman–Crippen MR) is 99.8 cm³/mol. The van der Waals surface area contributed by atoms with Crippen LogP contribution in [-0.2, 0) is 16.4 Å². The molecule has 0 aliphatic rings. The van der Waals surface area contributed by atoms with Crippen molar-refractivity contribution in [3.05, 3.63) is 71.2 Å². The van der Waals surface area contributed by atoms with Gasteiger partial charge in [0.15, 0.2) is 0 Å². The molecule has 128 valence electrons. The molecular formula is C18H20BrNO3S. The molecule has 0 fully saturated rings. The fourth-order valence-corrected chi connectivity index (χ4v) is 4.45. The summed E-state index contributed by atoms with van der Waals surface area (Å²) in [5.74, 6) is 0.326. The SMILES string of the molecule is C=CCN(CCc1ccccc1)S(=O)(=O)c1cc(Br)ccc1OC. The normalized spacial score (nSPS) is 11.5. The van der Waals surface area contributed by atoms with Crippen molar-refractivity contribution in [3.8, 4) is 5.75 Å². The lowest BCUT2D eigenvalue weighted by molar-refractivity contribution is 0.395. The van der Waals surface area contributed by atoms with Crippen LogP contribution in [0.2, 0.25) is 0 Å². The molecule has 0 aliphatic heterocycles. The maximum absolute atomic E-state index is 13.1. The number of benzene rings is 2. The van der Waals surface area contributed by atoms with E-state index >= 15 is 0 Å². The molecule has 0 radical (unpaired) electrons. The highest BCUT2D eigenvalue weighted by Gasteiger charge is 2.27. The van der Waals surface area contributed by atoms with E-state index in [2.05, 4.69) is 22.5 Å². The van der Waals surface area contributed by atoms with E-state index < -0.39 is 10.0 Å². The van der Waals surface area contributed by atoms with Gasteiger partial charge in [-0.05, 0) is 30.2 Å². The van der Waals surface area contributed by atoms with E-state index in [1.165, 1.54) is 11.4 Å². The van der Waals surface area contributed by atoms with Crippen LogP contribution in [-0.4, -0.2) is 32.9 Å². The fourth-order valence-electron chi connectivity index (χ4n) is 2.34. The maximum Gasteiger partial charge on any atom is 0.247 e. The number of sulfonamides is 1. The van der Waals surface area contributed by atoms with Crippen LogP contribution < -0.4 is 4.74 Å². The van der Waals surface area contributed by atoms with Gasteiger partial charge in [0.2, 0.25) is 10.0 Å². The lowest BCUT2D eigenvalue weighted by atomic mass is 10.1. The lowest BCUT2D eigenvalue weighted by Gasteiger charge is -2.22. The highest BCUT2D eigenvalue weighted by molar-refractivity contribution is 9.10. The Balaban J connectivity index is 2.31. The summed E-state index contributed by atoms with van der Waals surface area (Å²) in [6, 6.07) is 14.7. The standard InChI is InChI=1S/C18H20BrNO3S/c1-3-12-20(13-11-15-7-5-4-6-8-15)24(21,22)18-14-16(19)9-10-17(18)23-2/h3-10,14H,1,11-13H2,2H3. The molecule has 0 N–H and O–H groups in total. The summed E-state index contributed by atoms with van der Waals surface area (Å²) in [4.78, 5) is 0.147. The average molecular weight is 410 g/mol. The molecule has 0 saturated heterocycles. The van der Waals surface area contributed by atoms with Crippen LogP contribution in [0.25, 0.3) is 0 Å². The second-order valence-electron chi connectivity index (χ2n) is 5.18. The Morgan fingerprint density at radius 1 is 1.21 bits per heavy atom. The van der Waals surface area contributed by atoms with Gasteiger partial charge in [-0.15, -0.1) is 6.58 Å². The minimum atomic E-state index is -3.69. The number of halogens is 1. The number of ether oxygens (including phenoxy) is 1. The second kappa shape index (κ2) is 8.46. The quantitative estimate of drug-likeness (QED) is 0.621.